The van der Waals surface area contributed by atoms with Crippen LogP contribution in [0.2, 0.25) is 0 Å². The molecule has 0 aliphatic heterocycles. The van der Waals surface area contributed by atoms with Crippen LogP contribution in [0.25, 0.3) is 0 Å². The first-order valence-electron chi connectivity index (χ1n) is 5.13. The van der Waals surface area contributed by atoms with Crippen molar-refractivity contribution in [3.05, 3.63) is 53.6 Å². The highest BCUT2D eigenvalue weighted by molar-refractivity contribution is 5.64. The van der Waals surface area contributed by atoms with Crippen molar-refractivity contribution in [3.63, 3.8) is 0 Å². The van der Waals surface area contributed by atoms with E-state index in [1.165, 1.54) is 5.56 Å². The summed E-state index contributed by atoms with van der Waals surface area (Å²) in [6.07, 6.45) is 0.838. The fourth-order valence-electron chi connectivity index (χ4n) is 1.61. The van der Waals surface area contributed by atoms with Crippen molar-refractivity contribution in [3.8, 4) is 0 Å². The van der Waals surface area contributed by atoms with E-state index in [4.69, 9.17) is 17.2 Å². The Morgan fingerprint density at radius 1 is 0.688 bits per heavy atom. The van der Waals surface area contributed by atoms with Crippen LogP contribution in [0.4, 0.5) is 17.1 Å². The van der Waals surface area contributed by atoms with Crippen molar-refractivity contribution in [2.24, 2.45) is 0 Å². The molecule has 2 aromatic carbocycles. The lowest BCUT2D eigenvalue weighted by molar-refractivity contribution is 1.20. The van der Waals surface area contributed by atoms with Crippen LogP contribution in [-0.4, -0.2) is 0 Å². The minimum absolute atomic E-state index is 0.626. The molecule has 0 saturated heterocycles. The molecule has 0 spiro atoms. The molecule has 0 atom stereocenters. The van der Waals surface area contributed by atoms with E-state index >= 15 is 0 Å². The van der Waals surface area contributed by atoms with Gasteiger partial charge in [-0.2, -0.15) is 0 Å². The molecular formula is C13H15N3. The van der Waals surface area contributed by atoms with Gasteiger partial charge in [-0.25, -0.2) is 0 Å². The second kappa shape index (κ2) is 4.14. The monoisotopic (exact) mass is 213 g/mol. The molecule has 0 aliphatic carbocycles. The zero-order valence-electron chi connectivity index (χ0n) is 8.98. The average Bonchev–Trinajstić information content (AvgIpc) is 2.27. The summed E-state index contributed by atoms with van der Waals surface area (Å²) in [7, 11) is 0. The first-order chi connectivity index (χ1) is 7.65. The molecule has 3 nitrogen and oxygen atoms in total. The van der Waals surface area contributed by atoms with E-state index < -0.39 is 0 Å². The predicted molar refractivity (Wildman–Crippen MR) is 68.9 cm³/mol. The summed E-state index contributed by atoms with van der Waals surface area (Å²) in [6.45, 7) is 0. The van der Waals surface area contributed by atoms with E-state index in [0.717, 1.165) is 17.7 Å². The van der Waals surface area contributed by atoms with Gasteiger partial charge in [0.05, 0.1) is 11.4 Å². The van der Waals surface area contributed by atoms with Crippen LogP contribution in [0, 0.1) is 0 Å². The summed E-state index contributed by atoms with van der Waals surface area (Å²) in [5.41, 5.74) is 21.4. The van der Waals surface area contributed by atoms with Gasteiger partial charge in [-0.05, 0) is 41.8 Å². The lowest BCUT2D eigenvalue weighted by Gasteiger charge is -2.05. The zero-order chi connectivity index (χ0) is 11.5. The normalized spacial score (nSPS) is 10.2. The summed E-state index contributed by atoms with van der Waals surface area (Å²) >= 11 is 0. The molecule has 0 fully saturated rings. The van der Waals surface area contributed by atoms with Crippen LogP contribution in [0.15, 0.2) is 42.5 Å². The number of nitrogen functional groups attached to an aromatic ring is 3. The van der Waals surface area contributed by atoms with Crippen molar-refractivity contribution in [2.75, 3.05) is 17.2 Å². The van der Waals surface area contributed by atoms with Crippen molar-refractivity contribution < 1.29 is 0 Å². The first-order valence-corrected chi connectivity index (χ1v) is 5.13. The molecule has 16 heavy (non-hydrogen) atoms. The fraction of sp³-hybridized carbons (Fsp3) is 0.0769. The maximum absolute atomic E-state index is 5.75. The number of hydrogen-bond acceptors (Lipinski definition) is 3. The molecule has 3 heteroatoms. The summed E-state index contributed by atoms with van der Waals surface area (Å²) in [5.74, 6) is 0. The van der Waals surface area contributed by atoms with Crippen LogP contribution in [-0.2, 0) is 6.42 Å². The Hall–Kier alpha value is -2.16. The highest BCUT2D eigenvalue weighted by atomic mass is 14.7. The molecule has 6 N–H and O–H groups in total. The van der Waals surface area contributed by atoms with Gasteiger partial charge in [0.25, 0.3) is 0 Å². The third-order valence-corrected chi connectivity index (χ3v) is 2.54. The van der Waals surface area contributed by atoms with Gasteiger partial charge in [-0.15, -0.1) is 0 Å². The van der Waals surface area contributed by atoms with Gasteiger partial charge < -0.3 is 17.2 Å². The van der Waals surface area contributed by atoms with Crippen LogP contribution >= 0.6 is 0 Å². The van der Waals surface area contributed by atoms with Gasteiger partial charge >= 0.3 is 0 Å². The van der Waals surface area contributed by atoms with Gasteiger partial charge in [0.1, 0.15) is 0 Å². The van der Waals surface area contributed by atoms with Crippen LogP contribution < -0.4 is 17.2 Å². The molecule has 0 radical (unpaired) electrons. The third-order valence-electron chi connectivity index (χ3n) is 2.54. The molecule has 0 aromatic heterocycles. The quantitative estimate of drug-likeness (QED) is 0.668. The number of hydrogen-bond donors (Lipinski definition) is 3. The standard InChI is InChI=1S/C13H15N3/c14-11-4-1-9(2-5-11)7-10-3-6-12(15)13(16)8-10/h1-6,8H,7,14-16H2. The first kappa shape index (κ1) is 10.4. The van der Waals surface area contributed by atoms with Gasteiger partial charge in [0.2, 0.25) is 0 Å². The molecule has 2 rings (SSSR count). The molecule has 82 valence electrons. The summed E-state index contributed by atoms with van der Waals surface area (Å²) < 4.78 is 0. The highest BCUT2D eigenvalue weighted by Crippen LogP contribution is 2.18. The Balaban J connectivity index is 2.20. The molecular weight excluding hydrogens is 198 g/mol. The van der Waals surface area contributed by atoms with Gasteiger partial charge in [0, 0.05) is 5.69 Å². The Morgan fingerprint density at radius 2 is 1.31 bits per heavy atom. The topological polar surface area (TPSA) is 78.1 Å². The van der Waals surface area contributed by atoms with Crippen LogP contribution in [0.1, 0.15) is 11.1 Å². The molecule has 0 heterocycles. The maximum Gasteiger partial charge on any atom is 0.0550 e. The van der Waals surface area contributed by atoms with E-state index in [0.29, 0.717) is 11.4 Å². The number of nitrogens with two attached hydrogens (primary N) is 3. The van der Waals surface area contributed by atoms with Gasteiger partial charge in [-0.3, -0.25) is 0 Å². The minimum atomic E-state index is 0.626. The summed E-state index contributed by atoms with van der Waals surface area (Å²) in [6, 6.07) is 13.6. The van der Waals surface area contributed by atoms with Crippen LogP contribution in [0.3, 0.4) is 0 Å². The van der Waals surface area contributed by atoms with Crippen molar-refractivity contribution in [1.82, 2.24) is 0 Å². The minimum Gasteiger partial charge on any atom is -0.399 e. The summed E-state index contributed by atoms with van der Waals surface area (Å²) in [5, 5.41) is 0. The molecule has 0 aliphatic rings. The number of rotatable bonds is 2. The largest absolute Gasteiger partial charge is 0.399 e. The van der Waals surface area contributed by atoms with Gasteiger partial charge in [-0.1, -0.05) is 18.2 Å². The second-order valence-electron chi connectivity index (χ2n) is 3.88. The maximum atomic E-state index is 5.75. The summed E-state index contributed by atoms with van der Waals surface area (Å²) in [4.78, 5) is 0. The van der Waals surface area contributed by atoms with E-state index in [2.05, 4.69) is 0 Å². The Kier molecular flexibility index (Phi) is 2.68. The lowest BCUT2D eigenvalue weighted by atomic mass is 10.0. The predicted octanol–water partition coefficient (Wildman–Crippen LogP) is 2.02. The molecule has 0 amide bonds. The third kappa shape index (κ3) is 2.25. The highest BCUT2D eigenvalue weighted by Gasteiger charge is 1.99. The Morgan fingerprint density at radius 3 is 1.94 bits per heavy atom. The smallest absolute Gasteiger partial charge is 0.0550 e. The lowest BCUT2D eigenvalue weighted by Crippen LogP contribution is -1.96. The van der Waals surface area contributed by atoms with E-state index in [-0.39, 0.29) is 0 Å². The number of benzene rings is 2. The SMILES string of the molecule is Nc1ccc(Cc2ccc(N)c(N)c2)cc1. The van der Waals surface area contributed by atoms with Gasteiger partial charge in [0.15, 0.2) is 0 Å². The average molecular weight is 213 g/mol. The van der Waals surface area contributed by atoms with Crippen LogP contribution in [0.5, 0.6) is 0 Å². The van der Waals surface area contributed by atoms with E-state index in [1.54, 1.807) is 0 Å². The fourth-order valence-corrected chi connectivity index (χ4v) is 1.61. The van der Waals surface area contributed by atoms with Crippen molar-refractivity contribution >= 4 is 17.1 Å². The molecule has 0 unspecified atom stereocenters. The molecule has 2 aromatic rings. The van der Waals surface area contributed by atoms with Crippen molar-refractivity contribution in [1.29, 1.82) is 0 Å². The van der Waals surface area contributed by atoms with E-state index in [9.17, 15) is 0 Å². The molecule has 0 bridgehead atoms. The van der Waals surface area contributed by atoms with Crippen molar-refractivity contribution in [2.45, 2.75) is 6.42 Å². The van der Waals surface area contributed by atoms with E-state index in [1.807, 2.05) is 42.5 Å². The Labute approximate surface area is 94.9 Å². The zero-order valence-corrected chi connectivity index (χ0v) is 8.98. The molecule has 0 saturated carbocycles. The number of anilines is 3. The Bertz CT molecular complexity index is 489. The second-order valence-corrected chi connectivity index (χ2v) is 3.88.